The Morgan fingerprint density at radius 1 is 1.40 bits per heavy atom. The number of hydrogen-bond acceptors (Lipinski definition) is 7. The lowest BCUT2D eigenvalue weighted by Crippen LogP contribution is -2.34. The minimum atomic E-state index is 0.762. The predicted octanol–water partition coefficient (Wildman–Crippen LogP) is 3.33. The van der Waals surface area contributed by atoms with E-state index in [4.69, 9.17) is 0 Å². The third-order valence-corrected chi connectivity index (χ3v) is 5.49. The van der Waals surface area contributed by atoms with Crippen LogP contribution in [0, 0.1) is 5.92 Å². The summed E-state index contributed by atoms with van der Waals surface area (Å²) in [6, 6.07) is 0. The molecule has 20 heavy (non-hydrogen) atoms. The fourth-order valence-electron chi connectivity index (χ4n) is 2.42. The molecule has 1 saturated heterocycles. The number of rotatable bonds is 4. The molecule has 3 rings (SSSR count). The zero-order chi connectivity index (χ0) is 13.9. The molecule has 5 nitrogen and oxygen atoms in total. The quantitative estimate of drug-likeness (QED) is 0.939. The Balaban J connectivity index is 1.75. The molecule has 0 aliphatic carbocycles. The number of anilines is 2. The van der Waals surface area contributed by atoms with Crippen LogP contribution < -0.4 is 10.2 Å². The Labute approximate surface area is 127 Å². The first-order valence-electron chi connectivity index (χ1n) is 7.04. The molecule has 2 aromatic heterocycles. The van der Waals surface area contributed by atoms with Crippen LogP contribution in [0.25, 0.3) is 9.88 Å². The van der Waals surface area contributed by atoms with Crippen LogP contribution in [0.5, 0.6) is 0 Å². The number of nitrogens with zero attached hydrogens (tertiary/aromatic N) is 4. The Hall–Kier alpha value is -1.21. The molecule has 1 unspecified atom stereocenters. The molecular weight excluding hydrogens is 290 g/mol. The summed E-state index contributed by atoms with van der Waals surface area (Å²) in [7, 11) is 0. The molecule has 1 aliphatic rings. The summed E-state index contributed by atoms with van der Waals surface area (Å²) in [5.74, 6) is 0.762. The molecule has 1 N–H and O–H groups in total. The largest absolute Gasteiger partial charge is 0.360 e. The van der Waals surface area contributed by atoms with E-state index in [1.807, 2.05) is 6.20 Å². The van der Waals surface area contributed by atoms with Gasteiger partial charge in [0.1, 0.15) is 0 Å². The molecule has 0 bridgehead atoms. The average molecular weight is 309 g/mol. The number of aromatic nitrogens is 3. The monoisotopic (exact) mass is 309 g/mol. The maximum Gasteiger partial charge on any atom is 0.206 e. The Kier molecular flexibility index (Phi) is 4.16. The molecule has 2 aromatic rings. The molecule has 0 saturated carbocycles. The lowest BCUT2D eigenvalue weighted by atomic mass is 10.0. The Morgan fingerprint density at radius 2 is 2.30 bits per heavy atom. The lowest BCUT2D eigenvalue weighted by molar-refractivity contribution is 0.446. The van der Waals surface area contributed by atoms with Crippen LogP contribution in [0.1, 0.15) is 26.7 Å². The summed E-state index contributed by atoms with van der Waals surface area (Å²) in [6.45, 7) is 7.48. The van der Waals surface area contributed by atoms with Gasteiger partial charge in [-0.15, -0.1) is 10.2 Å². The zero-order valence-electron chi connectivity index (χ0n) is 11.8. The number of nitrogens with one attached hydrogen (secondary N) is 1. The van der Waals surface area contributed by atoms with Crippen molar-refractivity contribution in [1.29, 1.82) is 0 Å². The van der Waals surface area contributed by atoms with Crippen molar-refractivity contribution < 1.29 is 0 Å². The first-order chi connectivity index (χ1) is 9.76. The fourth-order valence-corrected chi connectivity index (χ4v) is 4.22. The van der Waals surface area contributed by atoms with Crippen LogP contribution in [-0.4, -0.2) is 34.8 Å². The maximum atomic E-state index is 4.57. The standard InChI is InChI=1S/C13H19N5S2/c1-3-14-12-17-16-11(20-12)10-7-15-13(19-10)18-6-4-5-9(2)8-18/h7,9H,3-6,8H2,1-2H3,(H,14,17). The van der Waals surface area contributed by atoms with Gasteiger partial charge in [0.25, 0.3) is 0 Å². The Bertz CT molecular complexity index is 565. The first kappa shape index (κ1) is 13.8. The van der Waals surface area contributed by atoms with E-state index in [9.17, 15) is 0 Å². The van der Waals surface area contributed by atoms with Crippen molar-refractivity contribution in [2.45, 2.75) is 26.7 Å². The van der Waals surface area contributed by atoms with Gasteiger partial charge in [-0.25, -0.2) is 4.98 Å². The molecule has 1 aliphatic heterocycles. The highest BCUT2D eigenvalue weighted by atomic mass is 32.1. The highest BCUT2D eigenvalue weighted by Crippen LogP contribution is 2.35. The summed E-state index contributed by atoms with van der Waals surface area (Å²) < 4.78 is 0. The van der Waals surface area contributed by atoms with Gasteiger partial charge < -0.3 is 10.2 Å². The first-order valence-corrected chi connectivity index (χ1v) is 8.68. The van der Waals surface area contributed by atoms with E-state index in [1.165, 1.54) is 12.8 Å². The number of hydrogen-bond donors (Lipinski definition) is 1. The van der Waals surface area contributed by atoms with Gasteiger partial charge >= 0.3 is 0 Å². The van der Waals surface area contributed by atoms with Gasteiger partial charge in [-0.1, -0.05) is 29.6 Å². The Morgan fingerprint density at radius 3 is 3.10 bits per heavy atom. The van der Waals surface area contributed by atoms with E-state index in [-0.39, 0.29) is 0 Å². The molecule has 0 amide bonds. The second kappa shape index (κ2) is 6.05. The molecule has 0 aromatic carbocycles. The van der Waals surface area contributed by atoms with E-state index in [2.05, 4.69) is 39.2 Å². The minimum absolute atomic E-state index is 0.762. The summed E-state index contributed by atoms with van der Waals surface area (Å²) in [5, 5.41) is 14.5. The van der Waals surface area contributed by atoms with E-state index in [0.29, 0.717) is 0 Å². The maximum absolute atomic E-state index is 4.57. The summed E-state index contributed by atoms with van der Waals surface area (Å²) in [4.78, 5) is 8.08. The van der Waals surface area contributed by atoms with Crippen molar-refractivity contribution in [3.8, 4) is 9.88 Å². The highest BCUT2D eigenvalue weighted by Gasteiger charge is 2.20. The molecule has 3 heterocycles. The van der Waals surface area contributed by atoms with Crippen molar-refractivity contribution in [3.05, 3.63) is 6.20 Å². The van der Waals surface area contributed by atoms with Crippen molar-refractivity contribution in [2.75, 3.05) is 29.9 Å². The van der Waals surface area contributed by atoms with Crippen LogP contribution in [0.4, 0.5) is 10.3 Å². The summed E-state index contributed by atoms with van der Waals surface area (Å²) in [6.07, 6.45) is 4.52. The van der Waals surface area contributed by atoms with Crippen LogP contribution in [0.3, 0.4) is 0 Å². The van der Waals surface area contributed by atoms with Crippen LogP contribution >= 0.6 is 22.7 Å². The molecular formula is C13H19N5S2. The van der Waals surface area contributed by atoms with Gasteiger partial charge in [-0.3, -0.25) is 0 Å². The smallest absolute Gasteiger partial charge is 0.206 e. The zero-order valence-corrected chi connectivity index (χ0v) is 13.4. The summed E-state index contributed by atoms with van der Waals surface area (Å²) >= 11 is 3.31. The predicted molar refractivity (Wildman–Crippen MR) is 85.8 cm³/mol. The molecule has 1 atom stereocenters. The van der Waals surface area contributed by atoms with Gasteiger partial charge in [-0.05, 0) is 25.7 Å². The van der Waals surface area contributed by atoms with Gasteiger partial charge in [-0.2, -0.15) is 0 Å². The topological polar surface area (TPSA) is 53.9 Å². The second-order valence-corrected chi connectivity index (χ2v) is 7.13. The van der Waals surface area contributed by atoms with E-state index < -0.39 is 0 Å². The van der Waals surface area contributed by atoms with Gasteiger partial charge in [0.15, 0.2) is 10.1 Å². The van der Waals surface area contributed by atoms with Crippen LogP contribution in [0.15, 0.2) is 6.20 Å². The van der Waals surface area contributed by atoms with Crippen LogP contribution in [-0.2, 0) is 0 Å². The van der Waals surface area contributed by atoms with Crippen molar-refractivity contribution in [1.82, 2.24) is 15.2 Å². The van der Waals surface area contributed by atoms with E-state index in [1.54, 1.807) is 22.7 Å². The molecule has 0 radical (unpaired) electrons. The van der Waals surface area contributed by atoms with E-state index >= 15 is 0 Å². The van der Waals surface area contributed by atoms with Gasteiger partial charge in [0, 0.05) is 19.6 Å². The van der Waals surface area contributed by atoms with Crippen molar-refractivity contribution in [3.63, 3.8) is 0 Å². The van der Waals surface area contributed by atoms with Gasteiger partial charge in [0.2, 0.25) is 5.13 Å². The van der Waals surface area contributed by atoms with Crippen molar-refractivity contribution in [2.24, 2.45) is 5.92 Å². The molecule has 108 valence electrons. The molecule has 0 spiro atoms. The van der Waals surface area contributed by atoms with Crippen LogP contribution in [0.2, 0.25) is 0 Å². The SMILES string of the molecule is CCNc1nnc(-c2cnc(N3CCCC(C)C3)s2)s1. The third-order valence-electron chi connectivity index (χ3n) is 3.38. The average Bonchev–Trinajstić information content (AvgIpc) is 3.07. The normalized spacial score (nSPS) is 19.3. The van der Waals surface area contributed by atoms with Crippen molar-refractivity contribution >= 4 is 32.9 Å². The fraction of sp³-hybridized carbons (Fsp3) is 0.615. The second-order valence-electron chi connectivity index (χ2n) is 5.14. The number of thiazole rings is 1. The molecule has 7 heteroatoms. The number of piperidine rings is 1. The minimum Gasteiger partial charge on any atom is -0.360 e. The lowest BCUT2D eigenvalue weighted by Gasteiger charge is -2.30. The van der Waals surface area contributed by atoms with E-state index in [0.717, 1.165) is 45.7 Å². The van der Waals surface area contributed by atoms with Gasteiger partial charge in [0.05, 0.1) is 11.1 Å². The molecule has 1 fully saturated rings. The highest BCUT2D eigenvalue weighted by molar-refractivity contribution is 7.25. The third kappa shape index (κ3) is 2.93. The summed E-state index contributed by atoms with van der Waals surface area (Å²) in [5.41, 5.74) is 0.